The van der Waals surface area contributed by atoms with Gasteiger partial charge in [-0.1, -0.05) is 0 Å². The summed E-state index contributed by atoms with van der Waals surface area (Å²) >= 11 is 0. The van der Waals surface area contributed by atoms with Crippen molar-refractivity contribution in [2.45, 2.75) is 43.1 Å². The van der Waals surface area contributed by atoms with Gasteiger partial charge in [0.2, 0.25) is 14.9 Å². The molecule has 1 atom stereocenters. The van der Waals surface area contributed by atoms with Crippen molar-refractivity contribution in [1.29, 1.82) is 0 Å². The van der Waals surface area contributed by atoms with Crippen LogP contribution in [0.4, 0.5) is 10.5 Å². The summed E-state index contributed by atoms with van der Waals surface area (Å²) in [5, 5.41) is 9.52. The number of hydrogen-bond acceptors (Lipinski definition) is 7. The molecule has 0 spiro atoms. The van der Waals surface area contributed by atoms with E-state index in [0.717, 1.165) is 6.07 Å². The lowest BCUT2D eigenvalue weighted by molar-refractivity contribution is -0.388. The van der Waals surface area contributed by atoms with Crippen molar-refractivity contribution < 1.29 is 22.9 Å². The number of likely N-dealkylation sites (tertiary alicyclic amines) is 1. The standard InChI is InChI=1S/C14H19N3O6S/c1-14(2,3)23-13(18)16-8-6-10(9-16)24(21,22)12-11(17(19)20)5-4-7-15-12/h4-5,7,10H,6,8-9H2,1-3H3. The van der Waals surface area contributed by atoms with Crippen LogP contribution in [0.3, 0.4) is 0 Å². The van der Waals surface area contributed by atoms with Gasteiger partial charge < -0.3 is 9.64 Å². The van der Waals surface area contributed by atoms with Crippen LogP contribution in [0.15, 0.2) is 23.4 Å². The number of hydrogen-bond donors (Lipinski definition) is 0. The highest BCUT2D eigenvalue weighted by atomic mass is 32.2. The molecule has 1 aliphatic heterocycles. The normalized spacial score (nSPS) is 18.5. The van der Waals surface area contributed by atoms with E-state index in [-0.39, 0.29) is 19.5 Å². The van der Waals surface area contributed by atoms with Gasteiger partial charge in [-0.05, 0) is 33.3 Å². The van der Waals surface area contributed by atoms with Crippen LogP contribution in [-0.2, 0) is 14.6 Å². The van der Waals surface area contributed by atoms with E-state index in [1.807, 2.05) is 0 Å². The van der Waals surface area contributed by atoms with Gasteiger partial charge in [0.05, 0.1) is 10.2 Å². The van der Waals surface area contributed by atoms with Crippen LogP contribution in [0.5, 0.6) is 0 Å². The summed E-state index contributed by atoms with van der Waals surface area (Å²) in [6.07, 6.45) is 0.770. The van der Waals surface area contributed by atoms with E-state index in [4.69, 9.17) is 4.74 Å². The second kappa shape index (κ2) is 6.34. The Morgan fingerprint density at radius 1 is 1.46 bits per heavy atom. The fourth-order valence-corrected chi connectivity index (χ4v) is 4.12. The minimum absolute atomic E-state index is 0.0784. The summed E-state index contributed by atoms with van der Waals surface area (Å²) < 4.78 is 30.6. The van der Waals surface area contributed by atoms with E-state index < -0.39 is 42.4 Å². The molecule has 1 unspecified atom stereocenters. The van der Waals surface area contributed by atoms with Gasteiger partial charge in [0.15, 0.2) is 0 Å². The predicted molar refractivity (Wildman–Crippen MR) is 84.3 cm³/mol. The smallest absolute Gasteiger partial charge is 0.410 e. The first-order valence-electron chi connectivity index (χ1n) is 7.33. The maximum Gasteiger partial charge on any atom is 0.410 e. The maximum absolute atomic E-state index is 12.7. The lowest BCUT2D eigenvalue weighted by atomic mass is 10.2. The number of carbonyl (C=O) groups is 1. The van der Waals surface area contributed by atoms with Gasteiger partial charge in [-0.3, -0.25) is 10.1 Å². The molecule has 0 saturated carbocycles. The Kier molecular flexibility index (Phi) is 4.79. The Hall–Kier alpha value is -2.23. The molecule has 2 rings (SSSR count). The zero-order valence-corrected chi connectivity index (χ0v) is 14.4. The summed E-state index contributed by atoms with van der Waals surface area (Å²) in [6, 6.07) is 2.40. The molecule has 24 heavy (non-hydrogen) atoms. The fourth-order valence-electron chi connectivity index (χ4n) is 2.37. The molecule has 1 amide bonds. The molecule has 1 saturated heterocycles. The van der Waals surface area contributed by atoms with Crippen LogP contribution < -0.4 is 0 Å². The van der Waals surface area contributed by atoms with Crippen molar-refractivity contribution >= 4 is 21.6 Å². The fraction of sp³-hybridized carbons (Fsp3) is 0.571. The molecule has 1 fully saturated rings. The first-order chi connectivity index (χ1) is 11.0. The highest BCUT2D eigenvalue weighted by molar-refractivity contribution is 7.92. The second-order valence-corrected chi connectivity index (χ2v) is 8.61. The topological polar surface area (TPSA) is 120 Å². The molecule has 0 radical (unpaired) electrons. The van der Waals surface area contributed by atoms with Crippen molar-refractivity contribution in [1.82, 2.24) is 9.88 Å². The largest absolute Gasteiger partial charge is 0.444 e. The zero-order valence-electron chi connectivity index (χ0n) is 13.6. The molecule has 1 aromatic heterocycles. The van der Waals surface area contributed by atoms with E-state index in [9.17, 15) is 23.3 Å². The van der Waals surface area contributed by atoms with E-state index in [1.165, 1.54) is 17.2 Å². The minimum Gasteiger partial charge on any atom is -0.444 e. The number of ether oxygens (including phenoxy) is 1. The van der Waals surface area contributed by atoms with Crippen molar-refractivity contribution in [3.63, 3.8) is 0 Å². The summed E-state index contributed by atoms with van der Waals surface area (Å²) in [7, 11) is -4.03. The van der Waals surface area contributed by atoms with Crippen LogP contribution in [0, 0.1) is 10.1 Å². The van der Waals surface area contributed by atoms with Crippen molar-refractivity contribution in [2.24, 2.45) is 0 Å². The van der Waals surface area contributed by atoms with Crippen molar-refractivity contribution in [3.05, 3.63) is 28.4 Å². The monoisotopic (exact) mass is 357 g/mol. The molecule has 0 aromatic carbocycles. The number of nitrogens with zero attached hydrogens (tertiary/aromatic N) is 3. The lowest BCUT2D eigenvalue weighted by Crippen LogP contribution is -2.36. The number of sulfone groups is 1. The first-order valence-corrected chi connectivity index (χ1v) is 8.88. The molecule has 9 nitrogen and oxygen atoms in total. The van der Waals surface area contributed by atoms with Crippen molar-refractivity contribution in [2.75, 3.05) is 13.1 Å². The number of aromatic nitrogens is 1. The molecule has 2 heterocycles. The van der Waals surface area contributed by atoms with Gasteiger partial charge in [-0.15, -0.1) is 0 Å². The highest BCUT2D eigenvalue weighted by Crippen LogP contribution is 2.29. The minimum atomic E-state index is -4.03. The summed E-state index contributed by atoms with van der Waals surface area (Å²) in [6.45, 7) is 5.27. The van der Waals surface area contributed by atoms with E-state index in [2.05, 4.69) is 4.98 Å². The Labute approximate surface area is 139 Å². The zero-order chi connectivity index (χ0) is 18.1. The molecule has 10 heteroatoms. The number of carbonyl (C=O) groups excluding carboxylic acids is 1. The number of rotatable bonds is 3. The van der Waals surface area contributed by atoms with Crippen LogP contribution >= 0.6 is 0 Å². The van der Waals surface area contributed by atoms with Gasteiger partial charge >= 0.3 is 11.8 Å². The van der Waals surface area contributed by atoms with Crippen LogP contribution in [-0.4, -0.2) is 53.3 Å². The maximum atomic E-state index is 12.7. The van der Waals surface area contributed by atoms with Crippen LogP contribution in [0.1, 0.15) is 27.2 Å². The molecular weight excluding hydrogens is 338 g/mol. The molecule has 1 aromatic rings. The summed E-state index contributed by atoms with van der Waals surface area (Å²) in [5.41, 5.74) is -1.25. The third-order valence-corrected chi connectivity index (χ3v) is 5.57. The quantitative estimate of drug-likeness (QED) is 0.597. The molecule has 0 bridgehead atoms. The van der Waals surface area contributed by atoms with Gasteiger partial charge in [0.25, 0.3) is 0 Å². The third-order valence-electron chi connectivity index (χ3n) is 3.45. The van der Waals surface area contributed by atoms with Gasteiger partial charge in [0.1, 0.15) is 5.60 Å². The van der Waals surface area contributed by atoms with E-state index in [0.29, 0.717) is 0 Å². The van der Waals surface area contributed by atoms with E-state index in [1.54, 1.807) is 20.8 Å². The molecule has 1 aliphatic rings. The third kappa shape index (κ3) is 3.81. The average molecular weight is 357 g/mol. The predicted octanol–water partition coefficient (Wildman–Crippen LogP) is 1.77. The molecule has 0 N–H and O–H groups in total. The Bertz CT molecular complexity index is 756. The summed E-state index contributed by atoms with van der Waals surface area (Å²) in [5.74, 6) is 0. The Morgan fingerprint density at radius 2 is 2.12 bits per heavy atom. The number of amides is 1. The molecule has 0 aliphatic carbocycles. The highest BCUT2D eigenvalue weighted by Gasteiger charge is 2.41. The molecule has 132 valence electrons. The van der Waals surface area contributed by atoms with Crippen LogP contribution in [0.2, 0.25) is 0 Å². The van der Waals surface area contributed by atoms with Crippen LogP contribution in [0.25, 0.3) is 0 Å². The van der Waals surface area contributed by atoms with E-state index >= 15 is 0 Å². The Morgan fingerprint density at radius 3 is 2.71 bits per heavy atom. The van der Waals surface area contributed by atoms with Crippen molar-refractivity contribution in [3.8, 4) is 0 Å². The SMILES string of the molecule is CC(C)(C)OC(=O)N1CCC(S(=O)(=O)c2ncccc2[N+](=O)[O-])C1. The number of pyridine rings is 1. The van der Waals surface area contributed by atoms with Gasteiger partial charge in [-0.25, -0.2) is 18.2 Å². The first kappa shape index (κ1) is 18.1. The van der Waals surface area contributed by atoms with Gasteiger partial charge in [0, 0.05) is 25.4 Å². The number of nitro groups is 1. The van der Waals surface area contributed by atoms with Gasteiger partial charge in [-0.2, -0.15) is 0 Å². The summed E-state index contributed by atoms with van der Waals surface area (Å²) in [4.78, 5) is 27.3. The molecular formula is C14H19N3O6S. The second-order valence-electron chi connectivity index (χ2n) is 6.47. The average Bonchev–Trinajstić information content (AvgIpc) is 2.96. The Balaban J connectivity index is 2.21. The lowest BCUT2D eigenvalue weighted by Gasteiger charge is -2.24.